The van der Waals surface area contributed by atoms with E-state index in [9.17, 15) is 9.59 Å². The molecule has 0 spiro atoms. The molecule has 138 valence electrons. The van der Waals surface area contributed by atoms with Gasteiger partial charge in [-0.1, -0.05) is 18.2 Å². The lowest BCUT2D eigenvalue weighted by molar-refractivity contribution is -0.120. The number of hydrogen-bond acceptors (Lipinski definition) is 4. The van der Waals surface area contributed by atoms with Gasteiger partial charge in [-0.15, -0.1) is 0 Å². The van der Waals surface area contributed by atoms with Gasteiger partial charge in [0, 0.05) is 29.2 Å². The SMILES string of the molecule is Cc1c(OCC(=O)N(C)c2ccccc2)ccc2c3c(c(=O)oc12)CCC3. The van der Waals surface area contributed by atoms with Crippen molar-refractivity contribution in [1.29, 1.82) is 0 Å². The number of amides is 1. The van der Waals surface area contributed by atoms with E-state index in [1.54, 1.807) is 11.9 Å². The zero-order valence-electron chi connectivity index (χ0n) is 15.5. The highest BCUT2D eigenvalue weighted by molar-refractivity contribution is 5.94. The van der Waals surface area contributed by atoms with Gasteiger partial charge < -0.3 is 14.1 Å². The molecule has 0 N–H and O–H groups in total. The van der Waals surface area contributed by atoms with Gasteiger partial charge in [-0.2, -0.15) is 0 Å². The maximum absolute atomic E-state index is 12.4. The number of carbonyl (C=O) groups excluding carboxylic acids is 1. The van der Waals surface area contributed by atoms with Crippen LogP contribution in [0.2, 0.25) is 0 Å². The lowest BCUT2D eigenvalue weighted by Crippen LogP contribution is -2.31. The van der Waals surface area contributed by atoms with Crippen LogP contribution in [0.3, 0.4) is 0 Å². The monoisotopic (exact) mass is 363 g/mol. The molecule has 4 rings (SSSR count). The molecular weight excluding hydrogens is 342 g/mol. The molecule has 1 heterocycles. The fraction of sp³-hybridized carbons (Fsp3) is 0.273. The van der Waals surface area contributed by atoms with Gasteiger partial charge in [0.1, 0.15) is 11.3 Å². The largest absolute Gasteiger partial charge is 0.483 e. The van der Waals surface area contributed by atoms with Gasteiger partial charge in [-0.3, -0.25) is 4.79 Å². The molecule has 0 saturated carbocycles. The Kier molecular flexibility index (Phi) is 4.44. The molecule has 1 aliphatic rings. The lowest BCUT2D eigenvalue weighted by atomic mass is 10.0. The molecule has 3 aromatic rings. The summed E-state index contributed by atoms with van der Waals surface area (Å²) in [6, 6.07) is 13.2. The Morgan fingerprint density at radius 2 is 1.85 bits per heavy atom. The van der Waals surface area contributed by atoms with Gasteiger partial charge >= 0.3 is 5.63 Å². The third-order valence-electron chi connectivity index (χ3n) is 5.21. The summed E-state index contributed by atoms with van der Waals surface area (Å²) >= 11 is 0. The standard InChI is InChI=1S/C22H21NO4/c1-14-19(26-13-20(24)23(2)15-7-4-3-5-8-15)12-11-17-16-9-6-10-18(16)22(25)27-21(14)17/h3-5,7-8,11-12H,6,9-10,13H2,1-2H3. The number of anilines is 1. The lowest BCUT2D eigenvalue weighted by Gasteiger charge is -2.18. The minimum absolute atomic E-state index is 0.0904. The van der Waals surface area contributed by atoms with Gasteiger partial charge in [-0.25, -0.2) is 4.79 Å². The minimum Gasteiger partial charge on any atom is -0.483 e. The second-order valence-corrected chi connectivity index (χ2v) is 6.84. The predicted octanol–water partition coefficient (Wildman–Crippen LogP) is 3.63. The summed E-state index contributed by atoms with van der Waals surface area (Å²) in [7, 11) is 1.72. The fourth-order valence-electron chi connectivity index (χ4n) is 3.65. The van der Waals surface area contributed by atoms with Crippen molar-refractivity contribution < 1.29 is 13.9 Å². The first kappa shape index (κ1) is 17.3. The average Bonchev–Trinajstić information content (AvgIpc) is 3.19. The van der Waals surface area contributed by atoms with Gasteiger partial charge in [0.05, 0.1) is 0 Å². The second-order valence-electron chi connectivity index (χ2n) is 6.84. The summed E-state index contributed by atoms with van der Waals surface area (Å²) in [5, 5.41) is 0.972. The number of likely N-dealkylation sites (N-methyl/N-ethyl adjacent to an activating group) is 1. The number of rotatable bonds is 4. The molecule has 0 atom stereocenters. The maximum atomic E-state index is 12.4. The molecule has 0 saturated heterocycles. The van der Waals surface area contributed by atoms with Gasteiger partial charge in [-0.05, 0) is 56.0 Å². The Morgan fingerprint density at radius 3 is 2.63 bits per heavy atom. The van der Waals surface area contributed by atoms with E-state index >= 15 is 0 Å². The third-order valence-corrected chi connectivity index (χ3v) is 5.21. The molecule has 0 radical (unpaired) electrons. The van der Waals surface area contributed by atoms with Crippen molar-refractivity contribution in [3.63, 3.8) is 0 Å². The molecule has 1 amide bonds. The van der Waals surface area contributed by atoms with Gasteiger partial charge in [0.2, 0.25) is 0 Å². The van der Waals surface area contributed by atoms with Crippen LogP contribution < -0.4 is 15.3 Å². The first-order chi connectivity index (χ1) is 13.1. The molecule has 0 bridgehead atoms. The smallest absolute Gasteiger partial charge is 0.339 e. The number of carbonyl (C=O) groups is 1. The van der Waals surface area contributed by atoms with E-state index in [1.165, 1.54) is 0 Å². The Balaban J connectivity index is 1.58. The van der Waals surface area contributed by atoms with E-state index < -0.39 is 0 Å². The highest BCUT2D eigenvalue weighted by Gasteiger charge is 2.21. The molecule has 27 heavy (non-hydrogen) atoms. The molecule has 5 nitrogen and oxygen atoms in total. The van der Waals surface area contributed by atoms with E-state index in [1.807, 2.05) is 49.4 Å². The summed E-state index contributed by atoms with van der Waals surface area (Å²) in [6.45, 7) is 1.76. The molecule has 0 unspecified atom stereocenters. The average molecular weight is 363 g/mol. The zero-order valence-corrected chi connectivity index (χ0v) is 15.5. The highest BCUT2D eigenvalue weighted by atomic mass is 16.5. The Labute approximate surface area is 157 Å². The quantitative estimate of drug-likeness (QED) is 0.664. The Hall–Kier alpha value is -3.08. The van der Waals surface area contributed by atoms with Crippen LogP contribution >= 0.6 is 0 Å². The molecule has 1 aromatic heterocycles. The van der Waals surface area contributed by atoms with Crippen molar-refractivity contribution in [2.75, 3.05) is 18.6 Å². The normalized spacial score (nSPS) is 12.8. The van der Waals surface area contributed by atoms with E-state index in [-0.39, 0.29) is 18.1 Å². The first-order valence-corrected chi connectivity index (χ1v) is 9.09. The van der Waals surface area contributed by atoms with Crippen molar-refractivity contribution in [3.8, 4) is 5.75 Å². The topological polar surface area (TPSA) is 59.8 Å². The maximum Gasteiger partial charge on any atom is 0.339 e. The van der Waals surface area contributed by atoms with Crippen LogP contribution in [0.5, 0.6) is 5.75 Å². The summed E-state index contributed by atoms with van der Waals surface area (Å²) < 4.78 is 11.3. The van der Waals surface area contributed by atoms with E-state index in [2.05, 4.69) is 0 Å². The van der Waals surface area contributed by atoms with E-state index in [4.69, 9.17) is 9.15 Å². The molecule has 1 aliphatic carbocycles. The highest BCUT2D eigenvalue weighted by Crippen LogP contribution is 2.33. The number of nitrogens with zero attached hydrogens (tertiary/aromatic N) is 1. The van der Waals surface area contributed by atoms with Crippen molar-refractivity contribution >= 4 is 22.6 Å². The Bertz CT molecular complexity index is 1070. The van der Waals surface area contributed by atoms with E-state index in [0.29, 0.717) is 11.3 Å². The number of para-hydroxylation sites is 1. The van der Waals surface area contributed by atoms with Crippen LogP contribution in [0.15, 0.2) is 51.7 Å². The van der Waals surface area contributed by atoms with Crippen LogP contribution in [-0.4, -0.2) is 19.6 Å². The number of ether oxygens (including phenoxy) is 1. The molecule has 2 aromatic carbocycles. The molecule has 0 fully saturated rings. The van der Waals surface area contributed by atoms with E-state index in [0.717, 1.165) is 47.0 Å². The number of hydrogen-bond donors (Lipinski definition) is 0. The second kappa shape index (κ2) is 6.91. The summed E-state index contributed by atoms with van der Waals surface area (Å²) in [5.74, 6) is 0.398. The third kappa shape index (κ3) is 3.10. The van der Waals surface area contributed by atoms with Crippen molar-refractivity contribution in [2.24, 2.45) is 0 Å². The van der Waals surface area contributed by atoms with Crippen molar-refractivity contribution in [1.82, 2.24) is 0 Å². The molecule has 0 aliphatic heterocycles. The summed E-state index contributed by atoms with van der Waals surface area (Å²) in [6.07, 6.45) is 2.67. The van der Waals surface area contributed by atoms with Crippen LogP contribution in [-0.2, 0) is 17.6 Å². The minimum atomic E-state index is -0.255. The number of fused-ring (bicyclic) bond motifs is 3. The van der Waals surface area contributed by atoms with Crippen molar-refractivity contribution in [3.05, 3.63) is 69.6 Å². The fourth-order valence-corrected chi connectivity index (χ4v) is 3.65. The van der Waals surface area contributed by atoms with Gasteiger partial charge in [0.15, 0.2) is 6.61 Å². The number of benzene rings is 2. The predicted molar refractivity (Wildman–Crippen MR) is 105 cm³/mol. The van der Waals surface area contributed by atoms with Gasteiger partial charge in [0.25, 0.3) is 5.91 Å². The van der Waals surface area contributed by atoms with Crippen LogP contribution in [0.25, 0.3) is 11.0 Å². The Morgan fingerprint density at radius 1 is 1.11 bits per heavy atom. The van der Waals surface area contributed by atoms with Crippen molar-refractivity contribution in [2.45, 2.75) is 26.2 Å². The molecular formula is C22H21NO4. The van der Waals surface area contributed by atoms with Crippen LogP contribution in [0.1, 0.15) is 23.1 Å². The van der Waals surface area contributed by atoms with Crippen LogP contribution in [0.4, 0.5) is 5.69 Å². The zero-order chi connectivity index (χ0) is 19.0. The van der Waals surface area contributed by atoms with Crippen LogP contribution in [0, 0.1) is 6.92 Å². The summed E-state index contributed by atoms with van der Waals surface area (Å²) in [4.78, 5) is 26.2. The number of aryl methyl sites for hydroxylation is 2. The molecule has 5 heteroatoms. The summed E-state index contributed by atoms with van der Waals surface area (Å²) in [5.41, 5.74) is 3.75. The first-order valence-electron chi connectivity index (χ1n) is 9.09.